The summed E-state index contributed by atoms with van der Waals surface area (Å²) in [7, 11) is 0. The summed E-state index contributed by atoms with van der Waals surface area (Å²) in [4.78, 5) is 2.54. The van der Waals surface area contributed by atoms with E-state index in [2.05, 4.69) is 34.3 Å². The molecule has 4 heteroatoms. The molecule has 1 saturated heterocycles. The van der Waals surface area contributed by atoms with Crippen LogP contribution in [0.1, 0.15) is 25.8 Å². The second-order valence-corrected chi connectivity index (χ2v) is 5.24. The Labute approximate surface area is 103 Å². The minimum absolute atomic E-state index is 0.666. The van der Waals surface area contributed by atoms with Crippen molar-refractivity contribution in [2.75, 3.05) is 25.0 Å². The van der Waals surface area contributed by atoms with Gasteiger partial charge in [0.15, 0.2) is 0 Å². The van der Waals surface area contributed by atoms with Crippen LogP contribution in [-0.2, 0) is 0 Å². The Balaban J connectivity index is 1.80. The molecule has 0 aliphatic carbocycles. The SMILES string of the molecule is Cc1cnnc(NCC2CCN(C(C)C)C2)c1. The first-order chi connectivity index (χ1) is 8.15. The molecule has 1 aromatic heterocycles. The monoisotopic (exact) mass is 234 g/mol. The van der Waals surface area contributed by atoms with Crippen molar-refractivity contribution in [1.29, 1.82) is 0 Å². The normalized spacial score (nSPS) is 21.1. The summed E-state index contributed by atoms with van der Waals surface area (Å²) in [5.41, 5.74) is 1.15. The van der Waals surface area contributed by atoms with Crippen molar-refractivity contribution < 1.29 is 0 Å². The smallest absolute Gasteiger partial charge is 0.148 e. The molecule has 1 unspecified atom stereocenters. The van der Waals surface area contributed by atoms with Crippen LogP contribution in [0, 0.1) is 12.8 Å². The van der Waals surface area contributed by atoms with E-state index in [9.17, 15) is 0 Å². The highest BCUT2D eigenvalue weighted by atomic mass is 15.2. The molecule has 1 fully saturated rings. The lowest BCUT2D eigenvalue weighted by Crippen LogP contribution is -2.29. The van der Waals surface area contributed by atoms with Gasteiger partial charge in [-0.25, -0.2) is 0 Å². The van der Waals surface area contributed by atoms with Crippen molar-refractivity contribution in [2.24, 2.45) is 5.92 Å². The van der Waals surface area contributed by atoms with Crippen molar-refractivity contribution in [1.82, 2.24) is 15.1 Å². The Kier molecular flexibility index (Phi) is 3.94. The first-order valence-electron chi connectivity index (χ1n) is 6.42. The lowest BCUT2D eigenvalue weighted by atomic mass is 10.1. The fourth-order valence-corrected chi connectivity index (χ4v) is 2.30. The van der Waals surface area contributed by atoms with Crippen LogP contribution in [0.5, 0.6) is 0 Å². The van der Waals surface area contributed by atoms with Crippen LogP contribution >= 0.6 is 0 Å². The van der Waals surface area contributed by atoms with E-state index in [1.165, 1.54) is 19.5 Å². The third kappa shape index (κ3) is 3.40. The van der Waals surface area contributed by atoms with E-state index in [1.807, 2.05) is 13.0 Å². The van der Waals surface area contributed by atoms with E-state index in [0.717, 1.165) is 23.8 Å². The van der Waals surface area contributed by atoms with Crippen LogP contribution in [-0.4, -0.2) is 40.8 Å². The average molecular weight is 234 g/mol. The Hall–Kier alpha value is -1.16. The van der Waals surface area contributed by atoms with Crippen LogP contribution in [0.2, 0.25) is 0 Å². The van der Waals surface area contributed by atoms with E-state index in [4.69, 9.17) is 0 Å². The molecule has 4 nitrogen and oxygen atoms in total. The molecule has 0 amide bonds. The second kappa shape index (κ2) is 5.45. The zero-order valence-electron chi connectivity index (χ0n) is 11.0. The highest BCUT2D eigenvalue weighted by Crippen LogP contribution is 2.18. The summed E-state index contributed by atoms with van der Waals surface area (Å²) in [6.07, 6.45) is 3.06. The van der Waals surface area contributed by atoms with Crippen molar-refractivity contribution in [2.45, 2.75) is 33.2 Å². The van der Waals surface area contributed by atoms with Crippen LogP contribution in [0.25, 0.3) is 0 Å². The van der Waals surface area contributed by atoms with Crippen molar-refractivity contribution in [3.05, 3.63) is 17.8 Å². The number of rotatable bonds is 4. The minimum atomic E-state index is 0.666. The quantitative estimate of drug-likeness (QED) is 0.864. The molecule has 1 aliphatic rings. The Morgan fingerprint density at radius 1 is 1.53 bits per heavy atom. The highest BCUT2D eigenvalue weighted by Gasteiger charge is 2.23. The zero-order valence-corrected chi connectivity index (χ0v) is 11.0. The van der Waals surface area contributed by atoms with Gasteiger partial charge in [0, 0.05) is 19.1 Å². The summed E-state index contributed by atoms with van der Waals surface area (Å²) in [6, 6.07) is 2.71. The Morgan fingerprint density at radius 3 is 3.00 bits per heavy atom. The molecular formula is C13H22N4. The van der Waals surface area contributed by atoms with Gasteiger partial charge in [-0.2, -0.15) is 5.10 Å². The zero-order chi connectivity index (χ0) is 12.3. The molecule has 17 heavy (non-hydrogen) atoms. The molecule has 0 saturated carbocycles. The van der Waals surface area contributed by atoms with Gasteiger partial charge < -0.3 is 10.2 Å². The molecule has 1 aliphatic heterocycles. The molecule has 1 atom stereocenters. The van der Waals surface area contributed by atoms with E-state index in [0.29, 0.717) is 6.04 Å². The summed E-state index contributed by atoms with van der Waals surface area (Å²) >= 11 is 0. The summed E-state index contributed by atoms with van der Waals surface area (Å²) in [6.45, 7) is 9.99. The van der Waals surface area contributed by atoms with E-state index in [-0.39, 0.29) is 0 Å². The maximum atomic E-state index is 4.08. The molecule has 0 aromatic carbocycles. The van der Waals surface area contributed by atoms with Gasteiger partial charge in [-0.1, -0.05) is 0 Å². The number of aryl methyl sites for hydroxylation is 1. The number of hydrogen-bond donors (Lipinski definition) is 1. The average Bonchev–Trinajstić information content (AvgIpc) is 2.75. The lowest BCUT2D eigenvalue weighted by molar-refractivity contribution is 0.266. The highest BCUT2D eigenvalue weighted by molar-refractivity contribution is 5.34. The van der Waals surface area contributed by atoms with Crippen LogP contribution < -0.4 is 5.32 Å². The summed E-state index contributed by atoms with van der Waals surface area (Å²) in [5, 5.41) is 11.4. The third-order valence-corrected chi connectivity index (χ3v) is 3.41. The topological polar surface area (TPSA) is 41.1 Å². The number of likely N-dealkylation sites (tertiary alicyclic amines) is 1. The molecule has 1 aromatic rings. The van der Waals surface area contributed by atoms with Gasteiger partial charge >= 0.3 is 0 Å². The minimum Gasteiger partial charge on any atom is -0.368 e. The van der Waals surface area contributed by atoms with Gasteiger partial charge in [-0.05, 0) is 51.3 Å². The largest absolute Gasteiger partial charge is 0.368 e. The summed E-state index contributed by atoms with van der Waals surface area (Å²) in [5.74, 6) is 1.63. The molecular weight excluding hydrogens is 212 g/mol. The van der Waals surface area contributed by atoms with Crippen LogP contribution in [0.15, 0.2) is 12.3 Å². The fourth-order valence-electron chi connectivity index (χ4n) is 2.30. The van der Waals surface area contributed by atoms with Crippen LogP contribution in [0.3, 0.4) is 0 Å². The van der Waals surface area contributed by atoms with Gasteiger partial charge in [0.25, 0.3) is 0 Å². The molecule has 0 radical (unpaired) electrons. The maximum absolute atomic E-state index is 4.08. The number of nitrogens with zero attached hydrogens (tertiary/aromatic N) is 3. The predicted octanol–water partition coefficient (Wildman–Crippen LogP) is 1.93. The lowest BCUT2D eigenvalue weighted by Gasteiger charge is -2.20. The number of aromatic nitrogens is 2. The van der Waals surface area contributed by atoms with Crippen molar-refractivity contribution >= 4 is 5.82 Å². The van der Waals surface area contributed by atoms with E-state index >= 15 is 0 Å². The van der Waals surface area contributed by atoms with Crippen LogP contribution in [0.4, 0.5) is 5.82 Å². The molecule has 0 spiro atoms. The number of nitrogens with one attached hydrogen (secondary N) is 1. The van der Waals surface area contributed by atoms with E-state index in [1.54, 1.807) is 6.20 Å². The van der Waals surface area contributed by atoms with Gasteiger partial charge in [-0.15, -0.1) is 5.10 Å². The van der Waals surface area contributed by atoms with Gasteiger partial charge in [0.1, 0.15) is 5.82 Å². The second-order valence-electron chi connectivity index (χ2n) is 5.24. The number of anilines is 1. The Bertz CT molecular complexity index is 364. The first kappa shape index (κ1) is 12.3. The molecule has 2 rings (SSSR count). The van der Waals surface area contributed by atoms with Gasteiger partial charge in [-0.3, -0.25) is 0 Å². The molecule has 94 valence electrons. The summed E-state index contributed by atoms with van der Waals surface area (Å²) < 4.78 is 0. The molecule has 2 heterocycles. The maximum Gasteiger partial charge on any atom is 0.148 e. The Morgan fingerprint density at radius 2 is 2.35 bits per heavy atom. The number of hydrogen-bond acceptors (Lipinski definition) is 4. The van der Waals surface area contributed by atoms with Gasteiger partial charge in [0.2, 0.25) is 0 Å². The molecule has 0 bridgehead atoms. The standard InChI is InChI=1S/C13H22N4/c1-10(2)17-5-4-12(9-17)8-14-13-6-11(3)7-15-16-13/h6-7,10,12H,4-5,8-9H2,1-3H3,(H,14,16). The van der Waals surface area contributed by atoms with Crippen molar-refractivity contribution in [3.8, 4) is 0 Å². The van der Waals surface area contributed by atoms with E-state index < -0.39 is 0 Å². The first-order valence-corrected chi connectivity index (χ1v) is 6.42. The molecule has 1 N–H and O–H groups in total. The predicted molar refractivity (Wildman–Crippen MR) is 70.1 cm³/mol. The fraction of sp³-hybridized carbons (Fsp3) is 0.692. The van der Waals surface area contributed by atoms with Gasteiger partial charge in [0.05, 0.1) is 6.20 Å². The van der Waals surface area contributed by atoms with Crippen molar-refractivity contribution in [3.63, 3.8) is 0 Å². The third-order valence-electron chi connectivity index (χ3n) is 3.41.